The van der Waals surface area contributed by atoms with Crippen LogP contribution in [-0.2, 0) is 14.8 Å². The fourth-order valence-corrected chi connectivity index (χ4v) is 4.49. The third-order valence-electron chi connectivity index (χ3n) is 4.48. The van der Waals surface area contributed by atoms with Crippen molar-refractivity contribution in [2.45, 2.75) is 4.90 Å². The van der Waals surface area contributed by atoms with Crippen molar-refractivity contribution in [3.8, 4) is 11.5 Å². The van der Waals surface area contributed by atoms with Crippen molar-refractivity contribution in [2.75, 3.05) is 30.4 Å². The number of carbonyl (C=O) groups is 1. The van der Waals surface area contributed by atoms with E-state index >= 15 is 0 Å². The lowest BCUT2D eigenvalue weighted by Gasteiger charge is -2.24. The predicted molar refractivity (Wildman–Crippen MR) is 121 cm³/mol. The summed E-state index contributed by atoms with van der Waals surface area (Å²) in [6.07, 6.45) is 0. The van der Waals surface area contributed by atoms with Crippen LogP contribution in [-0.4, -0.2) is 35.1 Å². The summed E-state index contributed by atoms with van der Waals surface area (Å²) in [5.41, 5.74) is 0.404. The van der Waals surface area contributed by atoms with Gasteiger partial charge in [-0.15, -0.1) is 0 Å². The molecule has 3 aromatic carbocycles. The number of rotatable bonds is 8. The van der Waals surface area contributed by atoms with Gasteiger partial charge in [-0.25, -0.2) is 12.8 Å². The second kappa shape index (κ2) is 9.88. The van der Waals surface area contributed by atoms with E-state index in [2.05, 4.69) is 5.32 Å². The van der Waals surface area contributed by atoms with Gasteiger partial charge in [0.05, 0.1) is 30.5 Å². The number of anilines is 2. The lowest BCUT2D eigenvalue weighted by Crippen LogP contribution is -2.38. The second-order valence-electron chi connectivity index (χ2n) is 6.56. The Morgan fingerprint density at radius 3 is 2.25 bits per heavy atom. The van der Waals surface area contributed by atoms with E-state index in [4.69, 9.17) is 21.1 Å². The third-order valence-corrected chi connectivity index (χ3v) is 6.51. The van der Waals surface area contributed by atoms with E-state index in [9.17, 15) is 17.6 Å². The normalized spacial score (nSPS) is 11.0. The Kier molecular flexibility index (Phi) is 7.22. The molecule has 0 aliphatic carbocycles. The van der Waals surface area contributed by atoms with E-state index in [1.54, 1.807) is 12.1 Å². The van der Waals surface area contributed by atoms with Gasteiger partial charge >= 0.3 is 0 Å². The van der Waals surface area contributed by atoms with Gasteiger partial charge in [0.1, 0.15) is 23.9 Å². The highest BCUT2D eigenvalue weighted by Gasteiger charge is 2.27. The van der Waals surface area contributed by atoms with Crippen LogP contribution in [0.25, 0.3) is 0 Å². The molecule has 168 valence electrons. The maximum atomic E-state index is 13.4. The van der Waals surface area contributed by atoms with Crippen LogP contribution in [0.3, 0.4) is 0 Å². The van der Waals surface area contributed by atoms with Crippen LogP contribution in [0, 0.1) is 5.82 Å². The highest BCUT2D eigenvalue weighted by Crippen LogP contribution is 2.29. The fourth-order valence-electron chi connectivity index (χ4n) is 2.90. The number of carbonyl (C=O) groups excluding carboxylic acids is 1. The Bertz CT molecular complexity index is 1200. The number of hydrogen-bond acceptors (Lipinski definition) is 5. The molecule has 0 fully saturated rings. The van der Waals surface area contributed by atoms with E-state index in [1.165, 1.54) is 56.7 Å². The van der Waals surface area contributed by atoms with E-state index < -0.39 is 28.3 Å². The van der Waals surface area contributed by atoms with Crippen LogP contribution in [0.5, 0.6) is 11.5 Å². The number of hydrogen-bond donors (Lipinski definition) is 1. The Hall–Kier alpha value is -3.30. The van der Waals surface area contributed by atoms with Gasteiger partial charge in [0, 0.05) is 5.02 Å². The molecule has 1 N–H and O–H groups in total. The number of ether oxygens (including phenoxy) is 2. The van der Waals surface area contributed by atoms with Crippen LogP contribution < -0.4 is 19.1 Å². The first-order valence-electron chi connectivity index (χ1n) is 9.30. The summed E-state index contributed by atoms with van der Waals surface area (Å²) in [5.74, 6) is -0.354. The average molecular weight is 479 g/mol. The van der Waals surface area contributed by atoms with Crippen LogP contribution in [0.2, 0.25) is 5.02 Å². The van der Waals surface area contributed by atoms with Gasteiger partial charge in [-0.3, -0.25) is 9.10 Å². The fraction of sp³-hybridized carbons (Fsp3) is 0.136. The van der Waals surface area contributed by atoms with Crippen molar-refractivity contribution in [1.82, 2.24) is 0 Å². The lowest BCUT2D eigenvalue weighted by atomic mass is 10.3. The molecule has 0 atom stereocenters. The minimum Gasteiger partial charge on any atom is -0.497 e. The first kappa shape index (κ1) is 23.4. The molecule has 1 amide bonds. The molecule has 0 aliphatic heterocycles. The van der Waals surface area contributed by atoms with Crippen LogP contribution >= 0.6 is 11.6 Å². The van der Waals surface area contributed by atoms with Crippen molar-refractivity contribution in [2.24, 2.45) is 0 Å². The molecule has 0 bridgehead atoms. The van der Waals surface area contributed by atoms with E-state index in [0.717, 1.165) is 16.4 Å². The minimum absolute atomic E-state index is 0.0595. The van der Waals surface area contributed by atoms with Crippen molar-refractivity contribution < 1.29 is 27.1 Å². The number of amides is 1. The highest BCUT2D eigenvalue weighted by atomic mass is 35.5. The maximum Gasteiger partial charge on any atom is 0.264 e. The summed E-state index contributed by atoms with van der Waals surface area (Å²) in [6.45, 7) is -0.574. The van der Waals surface area contributed by atoms with Crippen molar-refractivity contribution >= 4 is 38.9 Å². The van der Waals surface area contributed by atoms with Gasteiger partial charge in [-0.05, 0) is 66.7 Å². The van der Waals surface area contributed by atoms with Gasteiger partial charge < -0.3 is 14.8 Å². The van der Waals surface area contributed by atoms with Gasteiger partial charge in [-0.2, -0.15) is 0 Å². The molecule has 32 heavy (non-hydrogen) atoms. The van der Waals surface area contributed by atoms with E-state index in [0.29, 0.717) is 16.5 Å². The quantitative estimate of drug-likeness (QED) is 0.521. The molecule has 0 aromatic heterocycles. The molecule has 3 aromatic rings. The number of halogens is 2. The molecule has 0 aliphatic rings. The minimum atomic E-state index is -4.17. The number of methoxy groups -OCH3 is 2. The molecular formula is C22H20ClFN2O5S. The number of nitrogens with zero attached hydrogens (tertiary/aromatic N) is 1. The summed E-state index contributed by atoms with van der Waals surface area (Å²) >= 11 is 5.99. The zero-order valence-electron chi connectivity index (χ0n) is 17.2. The van der Waals surface area contributed by atoms with Gasteiger partial charge in [0.25, 0.3) is 10.0 Å². The Morgan fingerprint density at radius 2 is 1.66 bits per heavy atom. The first-order chi connectivity index (χ1) is 15.2. The molecular weight excluding hydrogens is 459 g/mol. The first-order valence-corrected chi connectivity index (χ1v) is 11.1. The lowest BCUT2D eigenvalue weighted by molar-refractivity contribution is -0.114. The molecule has 7 nitrogen and oxygen atoms in total. The maximum absolute atomic E-state index is 13.4. The molecule has 0 unspecified atom stereocenters. The van der Waals surface area contributed by atoms with Crippen molar-refractivity contribution in [3.63, 3.8) is 0 Å². The highest BCUT2D eigenvalue weighted by molar-refractivity contribution is 7.92. The summed E-state index contributed by atoms with van der Waals surface area (Å²) in [4.78, 5) is 12.8. The van der Waals surface area contributed by atoms with E-state index in [-0.39, 0.29) is 16.3 Å². The van der Waals surface area contributed by atoms with Gasteiger partial charge in [0.15, 0.2) is 0 Å². The molecule has 10 heteroatoms. The zero-order valence-corrected chi connectivity index (χ0v) is 18.8. The van der Waals surface area contributed by atoms with Crippen molar-refractivity contribution in [3.05, 3.63) is 77.6 Å². The summed E-state index contributed by atoms with van der Waals surface area (Å²) in [5, 5.41) is 2.97. The third kappa shape index (κ3) is 5.30. The van der Waals surface area contributed by atoms with Crippen LogP contribution in [0.15, 0.2) is 71.6 Å². The number of nitrogens with one attached hydrogen (secondary N) is 1. The molecule has 3 rings (SSSR count). The monoisotopic (exact) mass is 478 g/mol. The van der Waals surface area contributed by atoms with Gasteiger partial charge in [0.2, 0.25) is 5.91 Å². The molecule has 0 heterocycles. The predicted octanol–water partition coefficient (Wildman–Crippen LogP) is 4.33. The largest absolute Gasteiger partial charge is 0.497 e. The summed E-state index contributed by atoms with van der Waals surface area (Å²) in [6, 6.07) is 15.2. The number of sulfonamides is 1. The molecule has 0 radical (unpaired) electrons. The van der Waals surface area contributed by atoms with Crippen molar-refractivity contribution in [1.29, 1.82) is 0 Å². The molecule has 0 saturated heterocycles. The zero-order chi connectivity index (χ0) is 23.3. The molecule has 0 spiro atoms. The van der Waals surface area contributed by atoms with Crippen LogP contribution in [0.1, 0.15) is 0 Å². The molecule has 0 saturated carbocycles. The smallest absolute Gasteiger partial charge is 0.264 e. The Balaban J connectivity index is 1.95. The summed E-state index contributed by atoms with van der Waals surface area (Å²) in [7, 11) is -1.28. The Morgan fingerprint density at radius 1 is 1.00 bits per heavy atom. The van der Waals surface area contributed by atoms with Crippen LogP contribution in [0.4, 0.5) is 15.8 Å². The van der Waals surface area contributed by atoms with E-state index in [1.807, 2.05) is 0 Å². The second-order valence-corrected chi connectivity index (χ2v) is 8.86. The Labute approximate surface area is 190 Å². The summed E-state index contributed by atoms with van der Waals surface area (Å²) < 4.78 is 51.3. The number of benzene rings is 3. The topological polar surface area (TPSA) is 84.9 Å². The standard InChI is InChI=1S/C22H20ClFN2O5S/c1-30-18-8-10-19(11-9-18)32(28,29)26(17-6-4-16(24)5-7-17)14-22(27)25-20-13-15(23)3-12-21(20)31-2/h3-13H,14H2,1-2H3,(H,25,27). The SMILES string of the molecule is COc1ccc(S(=O)(=O)N(CC(=O)Nc2cc(Cl)ccc2OC)c2ccc(F)cc2)cc1. The average Bonchev–Trinajstić information content (AvgIpc) is 2.78. The van der Waals surface area contributed by atoms with Gasteiger partial charge in [-0.1, -0.05) is 11.6 Å².